The fourth-order valence-corrected chi connectivity index (χ4v) is 6.17. The van der Waals surface area contributed by atoms with Gasteiger partial charge in [-0.25, -0.2) is 0 Å². The number of aryl methyl sites for hydroxylation is 3. The second-order valence-corrected chi connectivity index (χ2v) is 12.1. The Morgan fingerprint density at radius 2 is 0.909 bits per heavy atom. The molecule has 2 N–H and O–H groups in total. The van der Waals surface area contributed by atoms with Crippen molar-refractivity contribution in [3.63, 3.8) is 0 Å². The van der Waals surface area contributed by atoms with Gasteiger partial charge in [0.15, 0.2) is 0 Å². The molecule has 0 spiro atoms. The Kier molecular flexibility index (Phi) is 12.4. The van der Waals surface area contributed by atoms with Crippen molar-refractivity contribution in [2.24, 2.45) is 0 Å². The van der Waals surface area contributed by atoms with Gasteiger partial charge < -0.3 is 10.6 Å². The van der Waals surface area contributed by atoms with Crippen LogP contribution in [0.3, 0.4) is 0 Å². The smallest absolute Gasteiger partial charge is 0.0258 e. The summed E-state index contributed by atoms with van der Waals surface area (Å²) in [5.74, 6) is 0.378. The Labute approximate surface area is 265 Å². The molecule has 0 heterocycles. The highest BCUT2D eigenvalue weighted by Crippen LogP contribution is 2.27. The number of hydrogen-bond acceptors (Lipinski definition) is 2. The maximum Gasteiger partial charge on any atom is 0.0258 e. The van der Waals surface area contributed by atoms with Crippen LogP contribution in [0.2, 0.25) is 0 Å². The average Bonchev–Trinajstić information content (AvgIpc) is 3.09. The summed E-state index contributed by atoms with van der Waals surface area (Å²) in [4.78, 5) is 0. The van der Waals surface area contributed by atoms with Crippen molar-refractivity contribution < 1.29 is 0 Å². The van der Waals surface area contributed by atoms with Gasteiger partial charge in [-0.3, -0.25) is 0 Å². The summed E-state index contributed by atoms with van der Waals surface area (Å²) in [5, 5.41) is 7.86. The van der Waals surface area contributed by atoms with Crippen LogP contribution in [0.1, 0.15) is 59.1 Å². The summed E-state index contributed by atoms with van der Waals surface area (Å²) in [6.45, 7) is 4.33. The molecule has 44 heavy (non-hydrogen) atoms. The second kappa shape index (κ2) is 17.3. The zero-order chi connectivity index (χ0) is 30.2. The van der Waals surface area contributed by atoms with E-state index in [4.69, 9.17) is 0 Å². The third-order valence-corrected chi connectivity index (χ3v) is 8.82. The molecule has 5 rings (SSSR count). The summed E-state index contributed by atoms with van der Waals surface area (Å²) < 4.78 is 0. The summed E-state index contributed by atoms with van der Waals surface area (Å²) in [5.41, 5.74) is 8.38. The van der Waals surface area contributed by atoms with Crippen molar-refractivity contribution >= 4 is 0 Å². The maximum atomic E-state index is 4.00. The second-order valence-electron chi connectivity index (χ2n) is 12.1. The van der Waals surface area contributed by atoms with Gasteiger partial charge >= 0.3 is 0 Å². The average molecular weight is 581 g/mol. The van der Waals surface area contributed by atoms with E-state index in [0.29, 0.717) is 18.0 Å². The molecule has 2 atom stereocenters. The summed E-state index contributed by atoms with van der Waals surface area (Å²) in [7, 11) is 0. The van der Waals surface area contributed by atoms with Crippen LogP contribution >= 0.6 is 0 Å². The molecular formula is C42H48N2. The number of hydrogen-bond donors (Lipinski definition) is 2. The first-order valence-corrected chi connectivity index (χ1v) is 16.5. The van der Waals surface area contributed by atoms with Crippen LogP contribution < -0.4 is 10.6 Å². The van der Waals surface area contributed by atoms with Crippen molar-refractivity contribution in [2.75, 3.05) is 13.1 Å². The predicted octanol–water partition coefficient (Wildman–Crippen LogP) is 8.81. The molecule has 0 aliphatic carbocycles. The largest absolute Gasteiger partial charge is 0.313 e. The van der Waals surface area contributed by atoms with Crippen LogP contribution in [-0.4, -0.2) is 25.2 Å². The third kappa shape index (κ3) is 10.0. The summed E-state index contributed by atoms with van der Waals surface area (Å²) in [6.07, 6.45) is 6.47. The minimum absolute atomic E-state index is 0.342. The maximum absolute atomic E-state index is 4.00. The SMILES string of the molecule is CC(NCCCc1ccccc1)C(Cc1ccc(CCc2ccccc2)cc1)NCCC(c1ccccc1)c1ccccc1. The molecule has 0 saturated carbocycles. The first-order chi connectivity index (χ1) is 21.7. The van der Waals surface area contributed by atoms with E-state index in [2.05, 4.69) is 163 Å². The van der Waals surface area contributed by atoms with Gasteiger partial charge in [0.25, 0.3) is 0 Å². The molecule has 5 aromatic rings. The molecule has 2 unspecified atom stereocenters. The van der Waals surface area contributed by atoms with E-state index in [1.165, 1.54) is 33.4 Å². The number of nitrogens with one attached hydrogen (secondary N) is 2. The van der Waals surface area contributed by atoms with Crippen LogP contribution in [0, 0.1) is 0 Å². The molecular weight excluding hydrogens is 532 g/mol. The Balaban J connectivity index is 1.21. The van der Waals surface area contributed by atoms with E-state index in [-0.39, 0.29) is 0 Å². The molecule has 0 aliphatic rings. The minimum atomic E-state index is 0.342. The van der Waals surface area contributed by atoms with Crippen molar-refractivity contribution in [3.8, 4) is 0 Å². The standard InChI is InChI=1S/C42H48N2/c1-34(43-31-14-19-35-15-6-2-7-16-35)42(33-38-28-26-37(27-29-38)25-24-36-17-8-3-9-18-36)44-32-30-41(39-20-10-4-11-21-39)40-22-12-5-13-23-40/h2-13,15-18,20-23,26-29,34,41-44H,14,19,24-25,30-33H2,1H3. The lowest BCUT2D eigenvalue weighted by Crippen LogP contribution is -2.48. The van der Waals surface area contributed by atoms with E-state index in [9.17, 15) is 0 Å². The van der Waals surface area contributed by atoms with Crippen molar-refractivity contribution in [1.82, 2.24) is 10.6 Å². The van der Waals surface area contributed by atoms with Crippen LogP contribution in [0.4, 0.5) is 0 Å². The summed E-state index contributed by atoms with van der Waals surface area (Å²) >= 11 is 0. The topological polar surface area (TPSA) is 24.1 Å². The van der Waals surface area contributed by atoms with Gasteiger partial charge in [0.2, 0.25) is 0 Å². The molecule has 0 aromatic heterocycles. The molecule has 0 amide bonds. The molecule has 0 bridgehead atoms. The first-order valence-electron chi connectivity index (χ1n) is 16.5. The van der Waals surface area contributed by atoms with Gasteiger partial charge in [-0.15, -0.1) is 0 Å². The van der Waals surface area contributed by atoms with E-state index < -0.39 is 0 Å². The normalized spacial score (nSPS) is 12.7. The molecule has 0 aliphatic heterocycles. The van der Waals surface area contributed by atoms with Crippen LogP contribution in [0.5, 0.6) is 0 Å². The molecule has 226 valence electrons. The lowest BCUT2D eigenvalue weighted by atomic mass is 9.88. The summed E-state index contributed by atoms with van der Waals surface area (Å²) in [6, 6.07) is 53.6. The number of rotatable bonds is 17. The van der Waals surface area contributed by atoms with Gasteiger partial charge in [-0.1, -0.05) is 146 Å². The molecule has 0 saturated heterocycles. The predicted molar refractivity (Wildman–Crippen MR) is 187 cm³/mol. The Morgan fingerprint density at radius 1 is 0.455 bits per heavy atom. The van der Waals surface area contributed by atoms with Crippen LogP contribution in [0.25, 0.3) is 0 Å². The van der Waals surface area contributed by atoms with Crippen molar-refractivity contribution in [2.45, 2.75) is 63.5 Å². The van der Waals surface area contributed by atoms with Gasteiger partial charge in [0, 0.05) is 18.0 Å². The monoisotopic (exact) mass is 580 g/mol. The highest BCUT2D eigenvalue weighted by molar-refractivity contribution is 5.32. The van der Waals surface area contributed by atoms with Crippen LogP contribution in [0.15, 0.2) is 146 Å². The minimum Gasteiger partial charge on any atom is -0.313 e. The molecule has 5 aromatic carbocycles. The lowest BCUT2D eigenvalue weighted by Gasteiger charge is -2.28. The fraction of sp³-hybridized carbons (Fsp3) is 0.286. The van der Waals surface area contributed by atoms with E-state index in [0.717, 1.165) is 51.6 Å². The highest BCUT2D eigenvalue weighted by Gasteiger charge is 2.19. The van der Waals surface area contributed by atoms with Gasteiger partial charge in [0.05, 0.1) is 0 Å². The number of benzene rings is 5. The Morgan fingerprint density at radius 3 is 1.45 bits per heavy atom. The molecule has 0 radical (unpaired) electrons. The Hall–Kier alpha value is -3.98. The quantitative estimate of drug-likeness (QED) is 0.107. The zero-order valence-corrected chi connectivity index (χ0v) is 26.2. The van der Waals surface area contributed by atoms with Gasteiger partial charge in [-0.05, 0) is 91.9 Å². The molecule has 2 heteroatoms. The molecule has 2 nitrogen and oxygen atoms in total. The highest BCUT2D eigenvalue weighted by atomic mass is 15.0. The van der Waals surface area contributed by atoms with E-state index >= 15 is 0 Å². The van der Waals surface area contributed by atoms with Gasteiger partial charge in [0.1, 0.15) is 0 Å². The van der Waals surface area contributed by atoms with E-state index in [1.807, 2.05) is 0 Å². The van der Waals surface area contributed by atoms with Gasteiger partial charge in [-0.2, -0.15) is 0 Å². The lowest BCUT2D eigenvalue weighted by molar-refractivity contribution is 0.379. The zero-order valence-electron chi connectivity index (χ0n) is 26.2. The van der Waals surface area contributed by atoms with E-state index in [1.54, 1.807) is 0 Å². The Bertz CT molecular complexity index is 1410. The fourth-order valence-electron chi connectivity index (χ4n) is 6.17. The van der Waals surface area contributed by atoms with Crippen LogP contribution in [-0.2, 0) is 25.7 Å². The first kappa shape index (κ1) is 31.4. The third-order valence-electron chi connectivity index (χ3n) is 8.82. The van der Waals surface area contributed by atoms with Crippen molar-refractivity contribution in [1.29, 1.82) is 0 Å². The van der Waals surface area contributed by atoms with Crippen molar-refractivity contribution in [3.05, 3.63) is 179 Å². The molecule has 0 fully saturated rings.